The van der Waals surface area contributed by atoms with E-state index < -0.39 is 0 Å². The topological polar surface area (TPSA) is 58.1 Å². The Morgan fingerprint density at radius 2 is 2.44 bits per heavy atom. The molecule has 2 heterocycles. The van der Waals surface area contributed by atoms with Gasteiger partial charge >= 0.3 is 0 Å². The Morgan fingerprint density at radius 3 is 3.22 bits per heavy atom. The minimum Gasteiger partial charge on any atom is -0.355 e. The van der Waals surface area contributed by atoms with E-state index in [-0.39, 0.29) is 11.9 Å². The van der Waals surface area contributed by atoms with E-state index in [4.69, 9.17) is 0 Å². The van der Waals surface area contributed by atoms with Crippen LogP contribution >= 0.6 is 0 Å². The van der Waals surface area contributed by atoms with Gasteiger partial charge in [-0.2, -0.15) is 0 Å². The number of hydrogen-bond donors (Lipinski definition) is 1. The number of carbonyl (C=O) groups is 1. The zero-order valence-corrected chi connectivity index (χ0v) is 11.0. The molecule has 1 amide bonds. The maximum atomic E-state index is 11.9. The Bertz CT molecular complexity index is 421. The standard InChI is InChI=1S/C13H20N4O/c1-3-5-15-13(18)10(2)17-6-4-11-7-14-9-16-12(11)8-17/h7,9-10H,3-6,8H2,1-2H3,(H,15,18). The van der Waals surface area contributed by atoms with Crippen LogP contribution in [0.4, 0.5) is 0 Å². The van der Waals surface area contributed by atoms with Gasteiger partial charge in [-0.15, -0.1) is 0 Å². The van der Waals surface area contributed by atoms with Crippen molar-refractivity contribution in [2.45, 2.75) is 39.3 Å². The molecule has 1 aliphatic rings. The highest BCUT2D eigenvalue weighted by Crippen LogP contribution is 2.17. The van der Waals surface area contributed by atoms with Crippen LogP contribution in [0.5, 0.6) is 0 Å². The molecule has 0 radical (unpaired) electrons. The monoisotopic (exact) mass is 248 g/mol. The van der Waals surface area contributed by atoms with Gasteiger partial charge in [0.05, 0.1) is 11.7 Å². The summed E-state index contributed by atoms with van der Waals surface area (Å²) in [5.41, 5.74) is 2.25. The van der Waals surface area contributed by atoms with Gasteiger partial charge in [0, 0.05) is 25.8 Å². The number of nitrogens with zero attached hydrogens (tertiary/aromatic N) is 3. The van der Waals surface area contributed by atoms with Gasteiger partial charge in [0.15, 0.2) is 0 Å². The molecule has 1 aromatic heterocycles. The maximum Gasteiger partial charge on any atom is 0.237 e. The first-order chi connectivity index (χ1) is 8.72. The molecule has 0 fully saturated rings. The summed E-state index contributed by atoms with van der Waals surface area (Å²) in [6.45, 7) is 6.38. The lowest BCUT2D eigenvalue weighted by atomic mass is 10.1. The van der Waals surface area contributed by atoms with E-state index in [1.54, 1.807) is 6.33 Å². The summed E-state index contributed by atoms with van der Waals surface area (Å²) < 4.78 is 0. The lowest BCUT2D eigenvalue weighted by molar-refractivity contribution is -0.126. The van der Waals surface area contributed by atoms with Gasteiger partial charge in [0.1, 0.15) is 6.33 Å². The van der Waals surface area contributed by atoms with Crippen LogP contribution in [0.1, 0.15) is 31.5 Å². The van der Waals surface area contributed by atoms with Crippen molar-refractivity contribution in [3.05, 3.63) is 23.8 Å². The van der Waals surface area contributed by atoms with E-state index >= 15 is 0 Å². The van der Waals surface area contributed by atoms with Crippen molar-refractivity contribution in [2.75, 3.05) is 13.1 Å². The lowest BCUT2D eigenvalue weighted by Crippen LogP contribution is -2.47. The molecule has 1 N–H and O–H groups in total. The molecule has 98 valence electrons. The minimum absolute atomic E-state index is 0.0975. The van der Waals surface area contributed by atoms with Gasteiger partial charge < -0.3 is 5.32 Å². The first-order valence-electron chi connectivity index (χ1n) is 6.52. The predicted octanol–water partition coefficient (Wildman–Crippen LogP) is 0.749. The highest BCUT2D eigenvalue weighted by molar-refractivity contribution is 5.81. The van der Waals surface area contributed by atoms with E-state index in [0.717, 1.165) is 38.2 Å². The smallest absolute Gasteiger partial charge is 0.237 e. The van der Waals surface area contributed by atoms with Crippen LogP contribution in [0.25, 0.3) is 0 Å². The number of rotatable bonds is 4. The van der Waals surface area contributed by atoms with Crippen LogP contribution in [0.15, 0.2) is 12.5 Å². The minimum atomic E-state index is -0.0975. The molecule has 0 bridgehead atoms. The summed E-state index contributed by atoms with van der Waals surface area (Å²) in [4.78, 5) is 22.4. The SMILES string of the molecule is CCCNC(=O)C(C)N1CCc2cncnc2C1. The molecular weight excluding hydrogens is 228 g/mol. The van der Waals surface area contributed by atoms with Crippen LogP contribution in [0.2, 0.25) is 0 Å². The van der Waals surface area contributed by atoms with Crippen LogP contribution in [0, 0.1) is 0 Å². The number of carbonyl (C=O) groups excluding carboxylic acids is 1. The molecule has 5 nitrogen and oxygen atoms in total. The van der Waals surface area contributed by atoms with Gasteiger partial charge in [0.2, 0.25) is 5.91 Å². The van der Waals surface area contributed by atoms with Crippen molar-refractivity contribution >= 4 is 5.91 Å². The molecule has 1 aromatic rings. The van der Waals surface area contributed by atoms with Crippen molar-refractivity contribution in [2.24, 2.45) is 0 Å². The highest BCUT2D eigenvalue weighted by Gasteiger charge is 2.25. The van der Waals surface area contributed by atoms with Gasteiger partial charge in [-0.1, -0.05) is 6.92 Å². The average molecular weight is 248 g/mol. The van der Waals surface area contributed by atoms with E-state index in [1.165, 1.54) is 5.56 Å². The van der Waals surface area contributed by atoms with E-state index in [9.17, 15) is 4.79 Å². The van der Waals surface area contributed by atoms with Gasteiger partial charge in [-0.05, 0) is 25.3 Å². The molecule has 1 atom stereocenters. The average Bonchev–Trinajstić information content (AvgIpc) is 2.43. The van der Waals surface area contributed by atoms with Crippen LogP contribution in [-0.2, 0) is 17.8 Å². The molecule has 1 aliphatic heterocycles. The number of nitrogens with one attached hydrogen (secondary N) is 1. The Hall–Kier alpha value is -1.49. The summed E-state index contributed by atoms with van der Waals surface area (Å²) in [6.07, 6.45) is 5.34. The third kappa shape index (κ3) is 2.85. The predicted molar refractivity (Wildman–Crippen MR) is 68.9 cm³/mol. The second kappa shape index (κ2) is 5.91. The van der Waals surface area contributed by atoms with Crippen molar-refractivity contribution in [3.63, 3.8) is 0 Å². The highest BCUT2D eigenvalue weighted by atomic mass is 16.2. The van der Waals surface area contributed by atoms with Crippen molar-refractivity contribution in [1.29, 1.82) is 0 Å². The molecule has 1 unspecified atom stereocenters. The molecule has 0 saturated carbocycles. The summed E-state index contributed by atoms with van der Waals surface area (Å²) in [7, 11) is 0. The summed E-state index contributed by atoms with van der Waals surface area (Å²) >= 11 is 0. The fraction of sp³-hybridized carbons (Fsp3) is 0.615. The number of amides is 1. The van der Waals surface area contributed by atoms with Crippen molar-refractivity contribution < 1.29 is 4.79 Å². The zero-order chi connectivity index (χ0) is 13.0. The largest absolute Gasteiger partial charge is 0.355 e. The van der Waals surface area contributed by atoms with Gasteiger partial charge in [0.25, 0.3) is 0 Å². The summed E-state index contributed by atoms with van der Waals surface area (Å²) in [5, 5.41) is 2.94. The van der Waals surface area contributed by atoms with E-state index in [2.05, 4.69) is 27.1 Å². The van der Waals surface area contributed by atoms with E-state index in [0.29, 0.717) is 0 Å². The number of fused-ring (bicyclic) bond motifs is 1. The molecule has 0 aromatic carbocycles. The first kappa shape index (κ1) is 13.0. The fourth-order valence-corrected chi connectivity index (χ4v) is 2.16. The molecule has 0 saturated heterocycles. The van der Waals surface area contributed by atoms with Crippen molar-refractivity contribution in [1.82, 2.24) is 20.2 Å². The van der Waals surface area contributed by atoms with Crippen molar-refractivity contribution in [3.8, 4) is 0 Å². The number of aromatic nitrogens is 2. The molecule has 18 heavy (non-hydrogen) atoms. The fourth-order valence-electron chi connectivity index (χ4n) is 2.16. The number of hydrogen-bond acceptors (Lipinski definition) is 4. The lowest BCUT2D eigenvalue weighted by Gasteiger charge is -2.31. The normalized spacial score (nSPS) is 17.0. The third-order valence-corrected chi connectivity index (χ3v) is 3.38. The Morgan fingerprint density at radius 1 is 1.61 bits per heavy atom. The molecular formula is C13H20N4O. The van der Waals surface area contributed by atoms with Crippen LogP contribution in [-0.4, -0.2) is 39.9 Å². The van der Waals surface area contributed by atoms with Gasteiger partial charge in [-0.3, -0.25) is 9.69 Å². The second-order valence-corrected chi connectivity index (χ2v) is 4.68. The third-order valence-electron chi connectivity index (χ3n) is 3.38. The Kier molecular flexibility index (Phi) is 4.25. The quantitative estimate of drug-likeness (QED) is 0.854. The molecule has 2 rings (SSSR count). The Labute approximate surface area is 108 Å². The molecule has 0 aliphatic carbocycles. The summed E-state index contributed by atoms with van der Waals surface area (Å²) in [6, 6.07) is -0.0975. The maximum absolute atomic E-state index is 11.9. The van der Waals surface area contributed by atoms with Crippen LogP contribution in [0.3, 0.4) is 0 Å². The molecule has 5 heteroatoms. The van der Waals surface area contributed by atoms with E-state index in [1.807, 2.05) is 13.1 Å². The second-order valence-electron chi connectivity index (χ2n) is 4.68. The summed E-state index contributed by atoms with van der Waals surface area (Å²) in [5.74, 6) is 0.106. The molecule has 0 spiro atoms. The zero-order valence-electron chi connectivity index (χ0n) is 11.0. The van der Waals surface area contributed by atoms with Gasteiger partial charge in [-0.25, -0.2) is 9.97 Å². The first-order valence-corrected chi connectivity index (χ1v) is 6.52. The Balaban J connectivity index is 1.98. The van der Waals surface area contributed by atoms with Crippen LogP contribution < -0.4 is 5.32 Å².